The molecule has 0 bridgehead atoms. The van der Waals surface area contributed by atoms with Crippen LogP contribution in [0.1, 0.15) is 23.3 Å². The molecule has 2 heterocycles. The van der Waals surface area contributed by atoms with Crippen LogP contribution >= 0.6 is 27.7 Å². The highest BCUT2D eigenvalue weighted by Gasteiger charge is 2.29. The lowest BCUT2D eigenvalue weighted by Gasteiger charge is -2.31. The zero-order chi connectivity index (χ0) is 12.3. The Morgan fingerprint density at radius 3 is 2.88 bits per heavy atom. The van der Waals surface area contributed by atoms with Gasteiger partial charge >= 0.3 is 0 Å². The maximum Gasteiger partial charge on any atom is 0.267 e. The third kappa shape index (κ3) is 3.50. The zero-order valence-corrected chi connectivity index (χ0v) is 11.7. The van der Waals surface area contributed by atoms with Gasteiger partial charge in [0.15, 0.2) is 0 Å². The summed E-state index contributed by atoms with van der Waals surface area (Å²) in [7, 11) is 0. The topological polar surface area (TPSA) is 65.1 Å². The number of amides is 1. The molecule has 2 rings (SSSR count). The van der Waals surface area contributed by atoms with E-state index >= 15 is 0 Å². The minimum Gasteiger partial charge on any atom is -0.388 e. The highest BCUT2D eigenvalue weighted by Crippen LogP contribution is 2.26. The lowest BCUT2D eigenvalue weighted by molar-refractivity contribution is 0.0310. The van der Waals surface area contributed by atoms with Crippen LogP contribution in [-0.2, 0) is 0 Å². The van der Waals surface area contributed by atoms with Crippen molar-refractivity contribution in [2.24, 2.45) is 0 Å². The molecule has 1 aromatic rings. The van der Waals surface area contributed by atoms with Gasteiger partial charge in [0.1, 0.15) is 5.69 Å². The molecule has 0 aliphatic carbocycles. The molecular formula is C11H15BrN2O2S. The van der Waals surface area contributed by atoms with Gasteiger partial charge < -0.3 is 15.4 Å². The predicted octanol–water partition coefficient (Wildman–Crippen LogP) is 1.77. The van der Waals surface area contributed by atoms with Crippen LogP contribution in [0.5, 0.6) is 0 Å². The van der Waals surface area contributed by atoms with Crippen LogP contribution in [0.15, 0.2) is 16.7 Å². The highest BCUT2D eigenvalue weighted by atomic mass is 79.9. The number of halogens is 1. The van der Waals surface area contributed by atoms with Crippen LogP contribution in [0, 0.1) is 0 Å². The fourth-order valence-corrected chi connectivity index (χ4v) is 3.36. The first-order valence-corrected chi connectivity index (χ1v) is 7.46. The van der Waals surface area contributed by atoms with Crippen molar-refractivity contribution in [3.05, 3.63) is 22.4 Å². The first-order chi connectivity index (χ1) is 8.09. The normalized spacial score (nSPS) is 18.9. The molecular weight excluding hydrogens is 304 g/mol. The van der Waals surface area contributed by atoms with E-state index in [0.717, 1.165) is 28.8 Å². The molecule has 0 spiro atoms. The predicted molar refractivity (Wildman–Crippen MR) is 72.3 cm³/mol. The summed E-state index contributed by atoms with van der Waals surface area (Å²) >= 11 is 5.12. The molecule has 0 aromatic carbocycles. The number of aliphatic hydroxyl groups is 1. The minimum atomic E-state index is -0.731. The van der Waals surface area contributed by atoms with Gasteiger partial charge in [0.05, 0.1) is 5.60 Å². The largest absolute Gasteiger partial charge is 0.388 e. The van der Waals surface area contributed by atoms with Crippen molar-refractivity contribution in [3.63, 3.8) is 0 Å². The standard InChI is InChI=1S/C11H15BrN2O2S/c12-8-5-9(13-6-8)10(15)14-7-11(16)1-3-17-4-2-11/h5-6,13,16H,1-4,7H2,(H,14,15). The maximum atomic E-state index is 11.8. The molecule has 17 heavy (non-hydrogen) atoms. The molecule has 0 unspecified atom stereocenters. The number of carbonyl (C=O) groups is 1. The van der Waals surface area contributed by atoms with Crippen molar-refractivity contribution < 1.29 is 9.90 Å². The lowest BCUT2D eigenvalue weighted by atomic mass is 9.97. The van der Waals surface area contributed by atoms with E-state index in [1.165, 1.54) is 0 Å². The Bertz CT molecular complexity index is 402. The van der Waals surface area contributed by atoms with E-state index in [4.69, 9.17) is 0 Å². The molecule has 1 aliphatic rings. The van der Waals surface area contributed by atoms with E-state index in [-0.39, 0.29) is 5.91 Å². The third-order valence-corrected chi connectivity index (χ3v) is 4.34. The second kappa shape index (κ2) is 5.46. The van der Waals surface area contributed by atoms with Gasteiger partial charge in [0, 0.05) is 17.2 Å². The molecule has 1 fully saturated rings. The van der Waals surface area contributed by atoms with Crippen LogP contribution in [0.25, 0.3) is 0 Å². The fourth-order valence-electron chi connectivity index (χ4n) is 1.77. The molecule has 1 saturated heterocycles. The fraction of sp³-hybridized carbons (Fsp3) is 0.545. The summed E-state index contributed by atoms with van der Waals surface area (Å²) in [6.07, 6.45) is 3.19. The van der Waals surface area contributed by atoms with E-state index in [1.807, 2.05) is 11.8 Å². The van der Waals surface area contributed by atoms with E-state index in [9.17, 15) is 9.90 Å². The molecule has 6 heteroatoms. The Hall–Kier alpha value is -0.460. The molecule has 1 aliphatic heterocycles. The summed E-state index contributed by atoms with van der Waals surface area (Å²) in [5.74, 6) is 1.74. The highest BCUT2D eigenvalue weighted by molar-refractivity contribution is 9.10. The van der Waals surface area contributed by atoms with E-state index < -0.39 is 5.60 Å². The Morgan fingerprint density at radius 2 is 2.29 bits per heavy atom. The molecule has 3 N–H and O–H groups in total. The van der Waals surface area contributed by atoms with Crippen molar-refractivity contribution in [2.45, 2.75) is 18.4 Å². The van der Waals surface area contributed by atoms with Gasteiger partial charge in [0.2, 0.25) is 0 Å². The average molecular weight is 319 g/mol. The summed E-state index contributed by atoms with van der Waals surface area (Å²) in [6, 6.07) is 1.72. The summed E-state index contributed by atoms with van der Waals surface area (Å²) in [4.78, 5) is 14.6. The monoisotopic (exact) mass is 318 g/mol. The smallest absolute Gasteiger partial charge is 0.267 e. The third-order valence-electron chi connectivity index (χ3n) is 2.89. The Morgan fingerprint density at radius 1 is 1.59 bits per heavy atom. The number of carbonyl (C=O) groups excluding carboxylic acids is 1. The van der Waals surface area contributed by atoms with Crippen LogP contribution in [-0.4, -0.2) is 39.6 Å². The van der Waals surface area contributed by atoms with Gasteiger partial charge in [-0.3, -0.25) is 4.79 Å². The number of nitrogens with one attached hydrogen (secondary N) is 2. The summed E-state index contributed by atoms with van der Waals surface area (Å²) in [6.45, 7) is 0.322. The molecule has 1 amide bonds. The van der Waals surface area contributed by atoms with Crippen molar-refractivity contribution in [2.75, 3.05) is 18.1 Å². The van der Waals surface area contributed by atoms with Gasteiger partial charge in [-0.2, -0.15) is 11.8 Å². The van der Waals surface area contributed by atoms with Gasteiger partial charge in [-0.15, -0.1) is 0 Å². The van der Waals surface area contributed by atoms with E-state index in [2.05, 4.69) is 26.2 Å². The van der Waals surface area contributed by atoms with Crippen LogP contribution in [0.2, 0.25) is 0 Å². The number of H-pyrrole nitrogens is 1. The number of hydrogen-bond acceptors (Lipinski definition) is 3. The van der Waals surface area contributed by atoms with Crippen LogP contribution in [0.4, 0.5) is 0 Å². The Kier molecular flexibility index (Phi) is 4.17. The molecule has 4 nitrogen and oxygen atoms in total. The number of aromatic amines is 1. The molecule has 94 valence electrons. The second-order valence-corrected chi connectivity index (χ2v) is 6.39. The molecule has 0 radical (unpaired) electrons. The Balaban J connectivity index is 1.87. The average Bonchev–Trinajstić information content (AvgIpc) is 2.74. The minimum absolute atomic E-state index is 0.178. The first kappa shape index (κ1) is 13.0. The first-order valence-electron chi connectivity index (χ1n) is 5.51. The second-order valence-electron chi connectivity index (χ2n) is 4.25. The van der Waals surface area contributed by atoms with E-state index in [0.29, 0.717) is 12.2 Å². The summed E-state index contributed by atoms with van der Waals surface area (Å²) in [5.41, 5.74) is -0.226. The molecule has 0 saturated carbocycles. The van der Waals surface area contributed by atoms with Crippen molar-refractivity contribution in [1.82, 2.24) is 10.3 Å². The van der Waals surface area contributed by atoms with Crippen molar-refractivity contribution in [3.8, 4) is 0 Å². The van der Waals surface area contributed by atoms with Gasteiger partial charge in [-0.05, 0) is 46.3 Å². The Labute approximate surface area is 113 Å². The van der Waals surface area contributed by atoms with Crippen LogP contribution < -0.4 is 5.32 Å². The van der Waals surface area contributed by atoms with Crippen LogP contribution in [0.3, 0.4) is 0 Å². The number of aromatic nitrogens is 1. The quantitative estimate of drug-likeness (QED) is 0.795. The van der Waals surface area contributed by atoms with E-state index in [1.54, 1.807) is 12.3 Å². The number of hydrogen-bond donors (Lipinski definition) is 3. The van der Waals surface area contributed by atoms with Gasteiger partial charge in [-0.25, -0.2) is 0 Å². The van der Waals surface area contributed by atoms with Crippen molar-refractivity contribution >= 4 is 33.6 Å². The number of rotatable bonds is 3. The van der Waals surface area contributed by atoms with Crippen molar-refractivity contribution in [1.29, 1.82) is 0 Å². The maximum absolute atomic E-state index is 11.8. The van der Waals surface area contributed by atoms with Gasteiger partial charge in [0.25, 0.3) is 5.91 Å². The molecule has 0 atom stereocenters. The summed E-state index contributed by atoms with van der Waals surface area (Å²) < 4.78 is 0.843. The van der Waals surface area contributed by atoms with Gasteiger partial charge in [-0.1, -0.05) is 0 Å². The molecule has 1 aromatic heterocycles. The number of thioether (sulfide) groups is 1. The zero-order valence-electron chi connectivity index (χ0n) is 9.33. The SMILES string of the molecule is O=C(NCC1(O)CCSCC1)c1cc(Br)c[nH]1. The lowest BCUT2D eigenvalue weighted by Crippen LogP contribution is -2.45. The summed E-state index contributed by atoms with van der Waals surface area (Å²) in [5, 5.41) is 13.0.